The molecule has 10 nitrogen and oxygen atoms in total. The van der Waals surface area contributed by atoms with Gasteiger partial charge in [-0.2, -0.15) is 25.3 Å². The zero-order valence-electron chi connectivity index (χ0n) is 30.6. The summed E-state index contributed by atoms with van der Waals surface area (Å²) in [6.45, 7) is 8.30. The number of rotatable bonds is 26. The van der Waals surface area contributed by atoms with Crippen LogP contribution in [-0.2, 0) is 9.47 Å². The number of thiol groups is 2. The third-order valence-electron chi connectivity index (χ3n) is 7.86. The highest BCUT2D eigenvalue weighted by Crippen LogP contribution is 2.32. The first-order valence-corrected chi connectivity index (χ1v) is 19.4. The van der Waals surface area contributed by atoms with E-state index in [9.17, 15) is 19.2 Å². The molecule has 3 rings (SSSR count). The number of ether oxygens (including phenoxy) is 6. The molecule has 12 heteroatoms. The Morgan fingerprint density at radius 3 is 1.22 bits per heavy atom. The monoisotopic (exact) mass is 778 g/mol. The molecule has 0 aliphatic carbocycles. The molecule has 0 aromatic heterocycles. The largest absolute Gasteiger partial charge is 0.494 e. The first kappa shape index (κ1) is 43.7. The van der Waals surface area contributed by atoms with E-state index in [0.717, 1.165) is 75.0 Å². The van der Waals surface area contributed by atoms with E-state index < -0.39 is 23.9 Å². The molecule has 0 amide bonds. The van der Waals surface area contributed by atoms with Crippen molar-refractivity contribution in [2.75, 3.05) is 37.9 Å². The molecule has 0 saturated heterocycles. The van der Waals surface area contributed by atoms with Crippen molar-refractivity contribution in [3.8, 4) is 23.0 Å². The highest BCUT2D eigenvalue weighted by atomic mass is 32.1. The van der Waals surface area contributed by atoms with Crippen LogP contribution in [0.15, 0.2) is 86.0 Å². The molecule has 0 saturated carbocycles. The Hall–Kier alpha value is -4.68. The predicted octanol–water partition coefficient (Wildman–Crippen LogP) is 9.33. The molecule has 0 radical (unpaired) electrons. The van der Waals surface area contributed by atoms with Gasteiger partial charge in [0.05, 0.1) is 37.6 Å². The van der Waals surface area contributed by atoms with Crippen LogP contribution in [0.25, 0.3) is 0 Å². The van der Waals surface area contributed by atoms with E-state index in [1.54, 1.807) is 36.4 Å². The Labute approximate surface area is 329 Å². The van der Waals surface area contributed by atoms with Crippen molar-refractivity contribution < 1.29 is 47.6 Å². The number of carbonyl (C=O) groups is 4. The van der Waals surface area contributed by atoms with Crippen LogP contribution >= 0.6 is 25.3 Å². The summed E-state index contributed by atoms with van der Waals surface area (Å²) in [5.74, 6) is -1.10. The molecule has 0 fully saturated rings. The normalized spacial score (nSPS) is 10.6. The van der Waals surface area contributed by atoms with Crippen LogP contribution in [0.5, 0.6) is 23.0 Å². The molecule has 3 aromatic carbocycles. The summed E-state index contributed by atoms with van der Waals surface area (Å²) in [6.07, 6.45) is 12.0. The number of carbonyl (C=O) groups excluding carboxylic acids is 4. The molecule has 0 unspecified atom stereocenters. The summed E-state index contributed by atoms with van der Waals surface area (Å²) in [6, 6.07) is 14.9. The molecule has 0 heterocycles. The Morgan fingerprint density at radius 1 is 0.500 bits per heavy atom. The van der Waals surface area contributed by atoms with Crippen molar-refractivity contribution >= 4 is 49.1 Å². The van der Waals surface area contributed by atoms with Gasteiger partial charge in [-0.05, 0) is 98.6 Å². The van der Waals surface area contributed by atoms with Crippen LogP contribution in [0.2, 0.25) is 0 Å². The number of benzene rings is 3. The molecule has 3 aromatic rings. The second-order valence-electron chi connectivity index (χ2n) is 12.1. The van der Waals surface area contributed by atoms with Gasteiger partial charge in [-0.3, -0.25) is 0 Å². The van der Waals surface area contributed by atoms with Crippen LogP contribution < -0.4 is 18.9 Å². The van der Waals surface area contributed by atoms with Crippen LogP contribution in [0.1, 0.15) is 106 Å². The average molecular weight is 779 g/mol. The van der Waals surface area contributed by atoms with E-state index in [2.05, 4.69) is 38.4 Å². The van der Waals surface area contributed by atoms with E-state index in [1.165, 1.54) is 24.3 Å². The Morgan fingerprint density at radius 2 is 0.870 bits per heavy atom. The number of hydrogen-bond acceptors (Lipinski definition) is 12. The van der Waals surface area contributed by atoms with Gasteiger partial charge in [-0.1, -0.05) is 37.8 Å². The summed E-state index contributed by atoms with van der Waals surface area (Å²) in [4.78, 5) is 53.4. The first-order chi connectivity index (χ1) is 26.3. The number of esters is 4. The standard InChI is InChI=1S/C42H50O10S2/c1-3-5-23-49-41(45)35-29-38(52-40(44)32-17-21-34(22-18-32)48-26-12-8-10-14-28-54)36(42(46)50-24-6-4-2)30-37(35)51-39(43)31-15-19-33(20-16-31)47-25-11-7-9-13-27-53/h3-4,15-22,29-30,53-54H,1-2,5-14,23-28H2. The second kappa shape index (κ2) is 25.4. The predicted molar refractivity (Wildman–Crippen MR) is 215 cm³/mol. The van der Waals surface area contributed by atoms with Crippen LogP contribution in [0, 0.1) is 0 Å². The minimum absolute atomic E-state index is 0.0169. The molecule has 0 aliphatic rings. The van der Waals surface area contributed by atoms with Crippen LogP contribution in [-0.4, -0.2) is 61.8 Å². The van der Waals surface area contributed by atoms with Crippen molar-refractivity contribution in [1.82, 2.24) is 0 Å². The summed E-state index contributed by atoms with van der Waals surface area (Å²) in [5, 5.41) is 0. The third kappa shape index (κ3) is 15.4. The van der Waals surface area contributed by atoms with E-state index in [4.69, 9.17) is 28.4 Å². The average Bonchev–Trinajstić information content (AvgIpc) is 3.18. The summed E-state index contributed by atoms with van der Waals surface area (Å²) >= 11 is 8.45. The molecule has 54 heavy (non-hydrogen) atoms. The van der Waals surface area contributed by atoms with Gasteiger partial charge in [0.15, 0.2) is 0 Å². The maximum Gasteiger partial charge on any atom is 0.343 e. The quantitative estimate of drug-likeness (QED) is 0.0268. The van der Waals surface area contributed by atoms with E-state index >= 15 is 0 Å². The molecule has 290 valence electrons. The highest BCUT2D eigenvalue weighted by Gasteiger charge is 2.27. The van der Waals surface area contributed by atoms with Gasteiger partial charge in [0.2, 0.25) is 0 Å². The second-order valence-corrected chi connectivity index (χ2v) is 13.0. The fourth-order valence-electron chi connectivity index (χ4n) is 4.88. The van der Waals surface area contributed by atoms with Gasteiger partial charge in [0.25, 0.3) is 0 Å². The Bertz CT molecular complexity index is 1530. The number of unbranched alkanes of at least 4 members (excludes halogenated alkanes) is 6. The summed E-state index contributed by atoms with van der Waals surface area (Å²) in [5.41, 5.74) is -0.190. The Balaban J connectivity index is 1.86. The highest BCUT2D eigenvalue weighted by molar-refractivity contribution is 7.80. The maximum absolute atomic E-state index is 13.4. The van der Waals surface area contributed by atoms with E-state index in [0.29, 0.717) is 37.6 Å². The van der Waals surface area contributed by atoms with Gasteiger partial charge in [-0.15, -0.1) is 13.2 Å². The van der Waals surface area contributed by atoms with Gasteiger partial charge in [0, 0.05) is 12.1 Å². The van der Waals surface area contributed by atoms with Crippen LogP contribution in [0.4, 0.5) is 0 Å². The minimum atomic E-state index is -0.881. The first-order valence-electron chi connectivity index (χ1n) is 18.2. The molecular formula is C42H50O10S2. The lowest BCUT2D eigenvalue weighted by atomic mass is 10.1. The van der Waals surface area contributed by atoms with Crippen LogP contribution in [0.3, 0.4) is 0 Å². The van der Waals surface area contributed by atoms with E-state index in [-0.39, 0.29) is 47.0 Å². The Kier molecular flexibility index (Phi) is 20.5. The van der Waals surface area contributed by atoms with Gasteiger partial charge < -0.3 is 28.4 Å². The smallest absolute Gasteiger partial charge is 0.343 e. The zero-order valence-corrected chi connectivity index (χ0v) is 32.4. The molecule has 0 bridgehead atoms. The van der Waals surface area contributed by atoms with Crippen molar-refractivity contribution in [1.29, 1.82) is 0 Å². The van der Waals surface area contributed by atoms with Crippen molar-refractivity contribution in [2.45, 2.75) is 64.2 Å². The lowest BCUT2D eigenvalue weighted by molar-refractivity contribution is 0.0483. The molecule has 0 atom stereocenters. The van der Waals surface area contributed by atoms with Crippen molar-refractivity contribution in [3.05, 3.63) is 108 Å². The van der Waals surface area contributed by atoms with Crippen molar-refractivity contribution in [3.63, 3.8) is 0 Å². The van der Waals surface area contributed by atoms with Gasteiger partial charge in [-0.25, -0.2) is 19.2 Å². The van der Waals surface area contributed by atoms with Gasteiger partial charge >= 0.3 is 23.9 Å². The SMILES string of the molecule is C=CCCOC(=O)c1cc(OC(=O)c2ccc(OCCCCCCS)cc2)c(C(=O)OCCC=C)cc1OC(=O)c1ccc(OCCCCCCS)cc1. The zero-order chi connectivity index (χ0) is 39.0. The fourth-order valence-corrected chi connectivity index (χ4v) is 5.33. The molecule has 0 spiro atoms. The molecular weight excluding hydrogens is 729 g/mol. The minimum Gasteiger partial charge on any atom is -0.494 e. The molecule has 0 N–H and O–H groups in total. The summed E-state index contributed by atoms with van der Waals surface area (Å²) < 4.78 is 33.7. The lowest BCUT2D eigenvalue weighted by Crippen LogP contribution is -2.18. The lowest BCUT2D eigenvalue weighted by Gasteiger charge is -2.16. The third-order valence-corrected chi connectivity index (χ3v) is 8.49. The van der Waals surface area contributed by atoms with E-state index in [1.807, 2.05) is 0 Å². The molecule has 0 aliphatic heterocycles. The summed E-state index contributed by atoms with van der Waals surface area (Å²) in [7, 11) is 0. The van der Waals surface area contributed by atoms with Crippen molar-refractivity contribution in [2.24, 2.45) is 0 Å². The maximum atomic E-state index is 13.4. The number of hydrogen-bond donors (Lipinski definition) is 2. The van der Waals surface area contributed by atoms with Gasteiger partial charge in [0.1, 0.15) is 34.1 Å². The fraction of sp³-hybridized carbons (Fsp3) is 0.381. The topological polar surface area (TPSA) is 124 Å².